The summed E-state index contributed by atoms with van der Waals surface area (Å²) in [5, 5.41) is 4.18. The molecule has 1 aromatic rings. The maximum atomic E-state index is 6.08. The molecule has 1 heterocycles. The van der Waals surface area contributed by atoms with Gasteiger partial charge in [0.1, 0.15) is 12.2 Å². The van der Waals surface area contributed by atoms with Crippen molar-refractivity contribution in [3.05, 3.63) is 12.2 Å². The molecule has 4 heteroatoms. The monoisotopic (exact) mass is 229 g/mol. The summed E-state index contributed by atoms with van der Waals surface area (Å²) >= 11 is 6.08. The summed E-state index contributed by atoms with van der Waals surface area (Å²) in [6, 6.07) is 0. The van der Waals surface area contributed by atoms with Gasteiger partial charge < -0.3 is 0 Å². The topological polar surface area (TPSA) is 30.7 Å². The molecular weight excluding hydrogens is 210 g/mol. The smallest absolute Gasteiger partial charge is 0.138 e. The van der Waals surface area contributed by atoms with Gasteiger partial charge in [0, 0.05) is 18.8 Å². The zero-order valence-electron chi connectivity index (χ0n) is 9.83. The van der Waals surface area contributed by atoms with Crippen molar-refractivity contribution in [1.29, 1.82) is 0 Å². The molecule has 0 bridgehead atoms. The SMILES string of the molecule is CCn1ncnc1CC(CC)(CC)CCl. The Morgan fingerprint density at radius 1 is 1.33 bits per heavy atom. The lowest BCUT2D eigenvalue weighted by molar-refractivity contribution is 0.290. The first kappa shape index (κ1) is 12.5. The van der Waals surface area contributed by atoms with Crippen LogP contribution in [0.1, 0.15) is 39.4 Å². The van der Waals surface area contributed by atoms with Crippen molar-refractivity contribution >= 4 is 11.6 Å². The van der Waals surface area contributed by atoms with Crippen molar-refractivity contribution in [3.8, 4) is 0 Å². The van der Waals surface area contributed by atoms with Gasteiger partial charge in [0.05, 0.1) is 0 Å². The van der Waals surface area contributed by atoms with Gasteiger partial charge in [0.15, 0.2) is 0 Å². The van der Waals surface area contributed by atoms with E-state index in [-0.39, 0.29) is 5.41 Å². The van der Waals surface area contributed by atoms with Crippen molar-refractivity contribution in [2.75, 3.05) is 5.88 Å². The highest BCUT2D eigenvalue weighted by molar-refractivity contribution is 6.18. The highest BCUT2D eigenvalue weighted by Crippen LogP contribution is 2.31. The maximum absolute atomic E-state index is 6.08. The second-order valence-electron chi connectivity index (χ2n) is 4.01. The fourth-order valence-electron chi connectivity index (χ4n) is 1.76. The first-order chi connectivity index (χ1) is 7.21. The molecule has 0 fully saturated rings. The van der Waals surface area contributed by atoms with Crippen molar-refractivity contribution in [3.63, 3.8) is 0 Å². The van der Waals surface area contributed by atoms with Crippen molar-refractivity contribution in [2.45, 2.75) is 46.6 Å². The van der Waals surface area contributed by atoms with Gasteiger partial charge in [-0.1, -0.05) is 13.8 Å². The molecule has 0 amide bonds. The predicted molar refractivity (Wildman–Crippen MR) is 63.1 cm³/mol. The van der Waals surface area contributed by atoms with Gasteiger partial charge in [0.25, 0.3) is 0 Å². The summed E-state index contributed by atoms with van der Waals surface area (Å²) in [5.41, 5.74) is 0.182. The van der Waals surface area contributed by atoms with Crippen molar-refractivity contribution in [1.82, 2.24) is 14.8 Å². The van der Waals surface area contributed by atoms with Crippen LogP contribution in [-0.2, 0) is 13.0 Å². The second-order valence-corrected chi connectivity index (χ2v) is 4.28. The van der Waals surface area contributed by atoms with Crippen LogP contribution >= 0.6 is 11.6 Å². The fourth-order valence-corrected chi connectivity index (χ4v) is 2.23. The van der Waals surface area contributed by atoms with E-state index in [1.807, 2.05) is 4.68 Å². The Morgan fingerprint density at radius 2 is 2.00 bits per heavy atom. The lowest BCUT2D eigenvalue weighted by Gasteiger charge is -2.28. The van der Waals surface area contributed by atoms with Crippen LogP contribution in [0.4, 0.5) is 0 Å². The molecule has 3 nitrogen and oxygen atoms in total. The fraction of sp³-hybridized carbons (Fsp3) is 0.818. The number of halogens is 1. The molecule has 0 radical (unpaired) electrons. The van der Waals surface area contributed by atoms with Crippen molar-refractivity contribution in [2.24, 2.45) is 5.41 Å². The standard InChI is InChI=1S/C11H20ClN3/c1-4-11(5-2,8-12)7-10-13-9-14-15(10)6-3/h9H,4-8H2,1-3H3. The molecule has 0 atom stereocenters. The Bertz CT molecular complexity index is 284. The molecule has 0 saturated carbocycles. The van der Waals surface area contributed by atoms with E-state index in [0.29, 0.717) is 5.88 Å². The minimum Gasteiger partial charge on any atom is -0.250 e. The van der Waals surface area contributed by atoms with E-state index in [9.17, 15) is 0 Å². The van der Waals surface area contributed by atoms with Crippen LogP contribution < -0.4 is 0 Å². The number of nitrogens with zero attached hydrogens (tertiary/aromatic N) is 3. The largest absolute Gasteiger partial charge is 0.250 e. The summed E-state index contributed by atoms with van der Waals surface area (Å²) in [7, 11) is 0. The molecule has 1 rings (SSSR count). The van der Waals surface area contributed by atoms with Gasteiger partial charge in [-0.15, -0.1) is 11.6 Å². The third kappa shape index (κ3) is 2.71. The van der Waals surface area contributed by atoms with Crippen LogP contribution in [0.2, 0.25) is 0 Å². The Hall–Kier alpha value is -0.570. The third-order valence-corrected chi connectivity index (χ3v) is 3.88. The third-order valence-electron chi connectivity index (χ3n) is 3.31. The van der Waals surface area contributed by atoms with E-state index in [4.69, 9.17) is 11.6 Å². The van der Waals surface area contributed by atoms with Gasteiger partial charge >= 0.3 is 0 Å². The summed E-state index contributed by atoms with van der Waals surface area (Å²) in [6.45, 7) is 7.34. The molecule has 0 aliphatic heterocycles. The Balaban J connectivity index is 2.82. The summed E-state index contributed by atoms with van der Waals surface area (Å²) in [6.07, 6.45) is 4.73. The van der Waals surface area contributed by atoms with Gasteiger partial charge in [-0.2, -0.15) is 5.10 Å². The number of aryl methyl sites for hydroxylation is 1. The number of hydrogen-bond donors (Lipinski definition) is 0. The molecular formula is C11H20ClN3. The average molecular weight is 230 g/mol. The Labute approximate surface area is 96.8 Å². The average Bonchev–Trinajstić information content (AvgIpc) is 2.73. The lowest BCUT2D eigenvalue weighted by Crippen LogP contribution is -2.26. The first-order valence-electron chi connectivity index (χ1n) is 5.64. The van der Waals surface area contributed by atoms with E-state index in [0.717, 1.165) is 31.6 Å². The van der Waals surface area contributed by atoms with Crippen LogP contribution in [0, 0.1) is 5.41 Å². The summed E-state index contributed by atoms with van der Waals surface area (Å²) in [5.74, 6) is 1.75. The van der Waals surface area contributed by atoms with Crippen molar-refractivity contribution < 1.29 is 0 Å². The quantitative estimate of drug-likeness (QED) is 0.703. The number of hydrogen-bond acceptors (Lipinski definition) is 2. The van der Waals surface area contributed by atoms with Crippen LogP contribution in [0.3, 0.4) is 0 Å². The van der Waals surface area contributed by atoms with E-state index < -0.39 is 0 Å². The van der Waals surface area contributed by atoms with E-state index in [1.165, 1.54) is 0 Å². The zero-order valence-corrected chi connectivity index (χ0v) is 10.6. The minimum atomic E-state index is 0.182. The minimum absolute atomic E-state index is 0.182. The van der Waals surface area contributed by atoms with Crippen LogP contribution in [-0.4, -0.2) is 20.6 Å². The Morgan fingerprint density at radius 3 is 2.47 bits per heavy atom. The molecule has 0 aliphatic rings. The highest BCUT2D eigenvalue weighted by atomic mass is 35.5. The molecule has 1 aromatic heterocycles. The Kier molecular flexibility index (Phi) is 4.58. The molecule has 0 spiro atoms. The van der Waals surface area contributed by atoms with Gasteiger partial charge in [-0.05, 0) is 25.2 Å². The molecule has 0 unspecified atom stereocenters. The van der Waals surface area contributed by atoms with Crippen LogP contribution in [0.25, 0.3) is 0 Å². The van der Waals surface area contributed by atoms with Gasteiger partial charge in [0.2, 0.25) is 0 Å². The molecule has 86 valence electrons. The molecule has 0 saturated heterocycles. The lowest BCUT2D eigenvalue weighted by atomic mass is 9.81. The summed E-state index contributed by atoms with van der Waals surface area (Å²) in [4.78, 5) is 4.31. The summed E-state index contributed by atoms with van der Waals surface area (Å²) < 4.78 is 1.95. The van der Waals surface area contributed by atoms with Gasteiger partial charge in [-0.3, -0.25) is 4.68 Å². The van der Waals surface area contributed by atoms with Crippen LogP contribution in [0.15, 0.2) is 6.33 Å². The predicted octanol–water partition coefficient (Wildman–Crippen LogP) is 2.89. The first-order valence-corrected chi connectivity index (χ1v) is 6.17. The van der Waals surface area contributed by atoms with E-state index in [1.54, 1.807) is 6.33 Å². The number of aromatic nitrogens is 3. The van der Waals surface area contributed by atoms with Crippen LogP contribution in [0.5, 0.6) is 0 Å². The van der Waals surface area contributed by atoms with E-state index >= 15 is 0 Å². The number of rotatable bonds is 6. The highest BCUT2D eigenvalue weighted by Gasteiger charge is 2.27. The normalized spacial score (nSPS) is 12.0. The van der Waals surface area contributed by atoms with E-state index in [2.05, 4.69) is 30.9 Å². The molecule has 0 aliphatic carbocycles. The van der Waals surface area contributed by atoms with Gasteiger partial charge in [-0.25, -0.2) is 4.98 Å². The zero-order chi connectivity index (χ0) is 11.3. The molecule has 0 N–H and O–H groups in total. The second kappa shape index (κ2) is 5.50. The number of alkyl halides is 1. The molecule has 0 aromatic carbocycles. The molecule has 15 heavy (non-hydrogen) atoms. The maximum Gasteiger partial charge on any atom is 0.138 e.